The van der Waals surface area contributed by atoms with E-state index in [0.717, 1.165) is 58.1 Å². The van der Waals surface area contributed by atoms with Gasteiger partial charge in [-0.15, -0.1) is 12.4 Å². The van der Waals surface area contributed by atoms with Crippen molar-refractivity contribution >= 4 is 29.8 Å². The van der Waals surface area contributed by atoms with Gasteiger partial charge in [-0.1, -0.05) is 11.6 Å². The first kappa shape index (κ1) is 20.6. The molecule has 2 saturated heterocycles. The van der Waals surface area contributed by atoms with Crippen LogP contribution in [0.5, 0.6) is 0 Å². The molecule has 2 fully saturated rings. The molecule has 2 aliphatic heterocycles. The van der Waals surface area contributed by atoms with Crippen LogP contribution in [-0.4, -0.2) is 55.7 Å². The lowest BCUT2D eigenvalue weighted by atomic mass is 9.99. The number of pyridine rings is 1. The summed E-state index contributed by atoms with van der Waals surface area (Å²) in [5, 5.41) is 3.49. The summed E-state index contributed by atoms with van der Waals surface area (Å²) in [5.41, 5.74) is -0.806. The minimum atomic E-state index is -4.41. The van der Waals surface area contributed by atoms with Crippen molar-refractivity contribution in [3.63, 3.8) is 0 Å². The van der Waals surface area contributed by atoms with Gasteiger partial charge in [0.25, 0.3) is 0 Å². The number of piperidine rings is 1. The number of alkyl halides is 3. The lowest BCUT2D eigenvalue weighted by Crippen LogP contribution is -2.49. The summed E-state index contributed by atoms with van der Waals surface area (Å²) in [7, 11) is 0. The van der Waals surface area contributed by atoms with E-state index in [9.17, 15) is 13.2 Å². The van der Waals surface area contributed by atoms with E-state index < -0.39 is 11.7 Å². The number of piperazine rings is 1. The highest BCUT2D eigenvalue weighted by Crippen LogP contribution is 2.33. The Hall–Kier alpha value is -0.760. The quantitative estimate of drug-likeness (QED) is 0.846. The molecule has 0 radical (unpaired) electrons. The fourth-order valence-corrected chi connectivity index (χ4v) is 3.69. The third kappa shape index (κ3) is 5.36. The molecule has 0 amide bonds. The zero-order valence-corrected chi connectivity index (χ0v) is 15.4. The lowest BCUT2D eigenvalue weighted by molar-refractivity contribution is -0.137. The summed E-state index contributed by atoms with van der Waals surface area (Å²) in [5.74, 6) is 1.14. The normalized spacial score (nSPS) is 22.6. The molecule has 1 atom stereocenters. The average Bonchev–Trinajstić information content (AvgIpc) is 2.56. The van der Waals surface area contributed by atoms with E-state index >= 15 is 0 Å². The smallest absolute Gasteiger partial charge is 0.353 e. The highest BCUT2D eigenvalue weighted by molar-refractivity contribution is 6.33. The van der Waals surface area contributed by atoms with E-state index in [1.807, 2.05) is 4.90 Å². The van der Waals surface area contributed by atoms with E-state index in [-0.39, 0.29) is 17.4 Å². The monoisotopic (exact) mass is 398 g/mol. The third-order valence-corrected chi connectivity index (χ3v) is 5.01. The predicted octanol–water partition coefficient (Wildman–Crippen LogP) is 3.30. The molecule has 1 unspecified atom stereocenters. The second-order valence-electron chi connectivity index (χ2n) is 6.53. The molecule has 3 heterocycles. The molecule has 25 heavy (non-hydrogen) atoms. The van der Waals surface area contributed by atoms with Crippen LogP contribution < -0.4 is 10.2 Å². The van der Waals surface area contributed by atoms with E-state index in [1.54, 1.807) is 0 Å². The fourth-order valence-electron chi connectivity index (χ4n) is 3.41. The van der Waals surface area contributed by atoms with Crippen LogP contribution >= 0.6 is 24.0 Å². The Kier molecular flexibility index (Phi) is 7.19. The molecule has 1 aromatic heterocycles. The van der Waals surface area contributed by atoms with Crippen molar-refractivity contribution in [3.05, 3.63) is 22.8 Å². The Balaban J connectivity index is 0.00000225. The fraction of sp³-hybridized carbons (Fsp3) is 0.688. The molecular weight excluding hydrogens is 376 g/mol. The van der Waals surface area contributed by atoms with Crippen LogP contribution in [0.1, 0.15) is 18.4 Å². The van der Waals surface area contributed by atoms with Crippen LogP contribution in [0, 0.1) is 5.92 Å². The van der Waals surface area contributed by atoms with Crippen molar-refractivity contribution < 1.29 is 13.2 Å². The Morgan fingerprint density at radius 3 is 2.52 bits per heavy atom. The zero-order chi connectivity index (χ0) is 17.2. The summed E-state index contributed by atoms with van der Waals surface area (Å²) in [6.07, 6.45) is -1.06. The molecule has 0 bridgehead atoms. The van der Waals surface area contributed by atoms with Crippen LogP contribution in [0.2, 0.25) is 5.02 Å². The first-order valence-electron chi connectivity index (χ1n) is 8.34. The highest BCUT2D eigenvalue weighted by Gasteiger charge is 2.32. The van der Waals surface area contributed by atoms with Gasteiger partial charge in [0.15, 0.2) is 0 Å². The molecule has 1 aromatic rings. The largest absolute Gasteiger partial charge is 0.417 e. The first-order valence-corrected chi connectivity index (χ1v) is 8.72. The van der Waals surface area contributed by atoms with Gasteiger partial charge in [-0.05, 0) is 37.9 Å². The van der Waals surface area contributed by atoms with Crippen LogP contribution in [-0.2, 0) is 6.18 Å². The minimum absolute atomic E-state index is 0. The second-order valence-corrected chi connectivity index (χ2v) is 6.93. The average molecular weight is 399 g/mol. The summed E-state index contributed by atoms with van der Waals surface area (Å²) >= 11 is 6.03. The molecule has 0 aliphatic carbocycles. The Morgan fingerprint density at radius 1 is 1.24 bits per heavy atom. The zero-order valence-electron chi connectivity index (χ0n) is 13.9. The molecular formula is C16H23Cl2F3N4. The maximum Gasteiger partial charge on any atom is 0.417 e. The van der Waals surface area contributed by atoms with Crippen molar-refractivity contribution in [3.8, 4) is 0 Å². The number of hydrogen-bond donors (Lipinski definition) is 1. The molecule has 142 valence electrons. The molecule has 2 aliphatic rings. The number of hydrogen-bond acceptors (Lipinski definition) is 4. The van der Waals surface area contributed by atoms with Gasteiger partial charge in [0.2, 0.25) is 0 Å². The molecule has 3 rings (SSSR count). The van der Waals surface area contributed by atoms with E-state index in [2.05, 4.69) is 15.2 Å². The summed E-state index contributed by atoms with van der Waals surface area (Å²) in [6.45, 7) is 6.51. The summed E-state index contributed by atoms with van der Waals surface area (Å²) < 4.78 is 38.1. The van der Waals surface area contributed by atoms with Gasteiger partial charge in [0, 0.05) is 38.9 Å². The molecule has 4 nitrogen and oxygen atoms in total. The van der Waals surface area contributed by atoms with Crippen molar-refractivity contribution in [1.82, 2.24) is 15.2 Å². The molecule has 0 saturated carbocycles. The van der Waals surface area contributed by atoms with Crippen molar-refractivity contribution in [2.24, 2.45) is 5.92 Å². The van der Waals surface area contributed by atoms with E-state index in [0.29, 0.717) is 11.7 Å². The van der Waals surface area contributed by atoms with E-state index in [1.165, 1.54) is 12.8 Å². The number of rotatable bonds is 3. The maximum absolute atomic E-state index is 12.7. The van der Waals surface area contributed by atoms with Crippen LogP contribution in [0.3, 0.4) is 0 Å². The number of anilines is 1. The van der Waals surface area contributed by atoms with Crippen molar-refractivity contribution in [2.75, 3.05) is 50.7 Å². The van der Waals surface area contributed by atoms with Crippen molar-refractivity contribution in [1.29, 1.82) is 0 Å². The Morgan fingerprint density at radius 2 is 1.96 bits per heavy atom. The van der Waals surface area contributed by atoms with Gasteiger partial charge in [-0.2, -0.15) is 13.2 Å². The molecule has 0 aromatic carbocycles. The second kappa shape index (κ2) is 8.75. The van der Waals surface area contributed by atoms with Gasteiger partial charge in [0.1, 0.15) is 5.82 Å². The van der Waals surface area contributed by atoms with Gasteiger partial charge in [-0.25, -0.2) is 4.98 Å². The lowest BCUT2D eigenvalue weighted by Gasteiger charge is -2.38. The number of nitrogens with zero attached hydrogens (tertiary/aromatic N) is 3. The first-order chi connectivity index (χ1) is 11.4. The van der Waals surface area contributed by atoms with Crippen LogP contribution in [0.4, 0.5) is 19.0 Å². The van der Waals surface area contributed by atoms with Crippen LogP contribution in [0.25, 0.3) is 0 Å². The van der Waals surface area contributed by atoms with Crippen LogP contribution in [0.15, 0.2) is 12.3 Å². The molecule has 1 N–H and O–H groups in total. The standard InChI is InChI=1S/C16H22ClF3N4.ClH/c17-14-8-13(16(18,19)20)10-22-15(14)24-6-4-23(5-7-24)11-12-2-1-3-21-9-12;/h8,10,12,21H,1-7,9,11H2;1H. The number of halogens is 5. The minimum Gasteiger partial charge on any atom is -0.353 e. The number of nitrogens with one attached hydrogen (secondary N) is 1. The highest BCUT2D eigenvalue weighted by atomic mass is 35.5. The SMILES string of the molecule is Cl.FC(F)(F)c1cnc(N2CCN(CC3CCCNC3)CC2)c(Cl)c1. The van der Waals surface area contributed by atoms with Gasteiger partial charge < -0.3 is 10.2 Å². The van der Waals surface area contributed by atoms with Gasteiger partial charge in [0.05, 0.1) is 10.6 Å². The Labute approximate surface area is 157 Å². The molecule has 9 heteroatoms. The Bertz CT molecular complexity index is 557. The summed E-state index contributed by atoms with van der Waals surface area (Å²) in [6, 6.07) is 0.962. The third-order valence-electron chi connectivity index (χ3n) is 4.74. The summed E-state index contributed by atoms with van der Waals surface area (Å²) in [4.78, 5) is 8.35. The maximum atomic E-state index is 12.7. The van der Waals surface area contributed by atoms with Gasteiger partial charge >= 0.3 is 6.18 Å². The van der Waals surface area contributed by atoms with Crippen molar-refractivity contribution in [2.45, 2.75) is 19.0 Å². The van der Waals surface area contributed by atoms with Gasteiger partial charge in [-0.3, -0.25) is 4.90 Å². The topological polar surface area (TPSA) is 31.4 Å². The number of aromatic nitrogens is 1. The van der Waals surface area contributed by atoms with E-state index in [4.69, 9.17) is 11.6 Å². The predicted molar refractivity (Wildman–Crippen MR) is 95.7 cm³/mol. The molecule has 0 spiro atoms.